The molecule has 3 nitrogen and oxygen atoms in total. The molecule has 2 fully saturated rings. The highest BCUT2D eigenvalue weighted by Gasteiger charge is 2.32. The molecule has 0 spiro atoms. The summed E-state index contributed by atoms with van der Waals surface area (Å²) in [5.41, 5.74) is 3.05. The first-order chi connectivity index (χ1) is 9.65. The molecule has 118 valence electrons. The van der Waals surface area contributed by atoms with Gasteiger partial charge in [0.05, 0.1) is 0 Å². The predicted molar refractivity (Wildman–Crippen MR) is 90.2 cm³/mol. The van der Waals surface area contributed by atoms with Crippen molar-refractivity contribution >= 4 is 12.4 Å². The molecule has 0 saturated carbocycles. The third-order valence-corrected chi connectivity index (χ3v) is 5.06. The van der Waals surface area contributed by atoms with E-state index in [0.717, 1.165) is 5.69 Å². The second-order valence-corrected chi connectivity index (χ2v) is 7.02. The minimum atomic E-state index is 0. The first-order valence-corrected chi connectivity index (χ1v) is 8.00. The summed E-state index contributed by atoms with van der Waals surface area (Å²) in [4.78, 5) is 7.12. The molecule has 0 radical (unpaired) electrons. The van der Waals surface area contributed by atoms with Crippen LogP contribution < -0.4 is 5.32 Å². The van der Waals surface area contributed by atoms with Gasteiger partial charge < -0.3 is 10.2 Å². The van der Waals surface area contributed by atoms with E-state index in [1.165, 1.54) is 57.5 Å². The average Bonchev–Trinajstić information content (AvgIpc) is 2.87. The van der Waals surface area contributed by atoms with E-state index in [1.807, 2.05) is 0 Å². The average molecular weight is 310 g/mol. The summed E-state index contributed by atoms with van der Waals surface area (Å²) < 4.78 is 0. The first kappa shape index (κ1) is 16.7. The Kier molecular flexibility index (Phi) is 5.64. The van der Waals surface area contributed by atoms with Crippen LogP contribution in [0.1, 0.15) is 43.4 Å². The van der Waals surface area contributed by atoms with Crippen molar-refractivity contribution in [2.24, 2.45) is 5.41 Å². The van der Waals surface area contributed by atoms with Gasteiger partial charge in [0.1, 0.15) is 0 Å². The third-order valence-electron chi connectivity index (χ3n) is 5.06. The Morgan fingerprint density at radius 2 is 2.10 bits per heavy atom. The minimum absolute atomic E-state index is 0. The Morgan fingerprint density at radius 3 is 2.67 bits per heavy atom. The molecular weight excluding hydrogens is 282 g/mol. The van der Waals surface area contributed by atoms with Crippen LogP contribution in [-0.2, 0) is 0 Å². The number of pyridine rings is 1. The highest BCUT2D eigenvalue weighted by molar-refractivity contribution is 5.85. The van der Waals surface area contributed by atoms with Gasteiger partial charge >= 0.3 is 0 Å². The van der Waals surface area contributed by atoms with Gasteiger partial charge in [-0.25, -0.2) is 0 Å². The van der Waals surface area contributed by atoms with E-state index in [4.69, 9.17) is 0 Å². The minimum Gasteiger partial charge on any atom is -0.316 e. The summed E-state index contributed by atoms with van der Waals surface area (Å²) in [6.45, 7) is 10.6. The fourth-order valence-electron chi connectivity index (χ4n) is 3.69. The Bertz CT molecular complexity index is 432. The van der Waals surface area contributed by atoms with Crippen molar-refractivity contribution in [2.45, 2.75) is 39.0 Å². The standard InChI is InChI=1S/C17H27N3.ClH/c1-14-3-4-16(11-19-14)15-5-9-20(10-6-15)13-17(2)7-8-18-12-17;/h3-4,11,15,18H,5-10,12-13H2,1-2H3;1H. The number of aromatic nitrogens is 1. The third kappa shape index (κ3) is 4.18. The summed E-state index contributed by atoms with van der Waals surface area (Å²) in [7, 11) is 0. The smallest absolute Gasteiger partial charge is 0.0372 e. The van der Waals surface area contributed by atoms with E-state index in [0.29, 0.717) is 11.3 Å². The van der Waals surface area contributed by atoms with E-state index in [-0.39, 0.29) is 12.4 Å². The van der Waals surface area contributed by atoms with Crippen LogP contribution in [0.25, 0.3) is 0 Å². The Labute approximate surface area is 134 Å². The van der Waals surface area contributed by atoms with Crippen LogP contribution in [0, 0.1) is 12.3 Å². The van der Waals surface area contributed by atoms with Gasteiger partial charge in [-0.3, -0.25) is 4.98 Å². The van der Waals surface area contributed by atoms with E-state index < -0.39 is 0 Å². The lowest BCUT2D eigenvalue weighted by Gasteiger charge is -2.37. The number of likely N-dealkylation sites (tertiary alicyclic amines) is 1. The lowest BCUT2D eigenvalue weighted by molar-refractivity contribution is 0.144. The summed E-state index contributed by atoms with van der Waals surface area (Å²) in [5.74, 6) is 0.717. The molecule has 1 unspecified atom stereocenters. The summed E-state index contributed by atoms with van der Waals surface area (Å²) in [6.07, 6.45) is 5.98. The Hall–Kier alpha value is -0.640. The predicted octanol–water partition coefficient (Wildman–Crippen LogP) is 2.99. The molecule has 2 aliphatic heterocycles. The van der Waals surface area contributed by atoms with Gasteiger partial charge in [-0.2, -0.15) is 0 Å². The topological polar surface area (TPSA) is 28.2 Å². The monoisotopic (exact) mass is 309 g/mol. The maximum atomic E-state index is 4.45. The van der Waals surface area contributed by atoms with Crippen LogP contribution in [-0.4, -0.2) is 42.6 Å². The quantitative estimate of drug-likeness (QED) is 0.930. The summed E-state index contributed by atoms with van der Waals surface area (Å²) in [5, 5.41) is 3.51. The zero-order valence-electron chi connectivity index (χ0n) is 13.3. The van der Waals surface area contributed by atoms with E-state index >= 15 is 0 Å². The van der Waals surface area contributed by atoms with Crippen molar-refractivity contribution in [3.63, 3.8) is 0 Å². The van der Waals surface area contributed by atoms with Crippen molar-refractivity contribution < 1.29 is 0 Å². The normalized spacial score (nSPS) is 27.5. The largest absolute Gasteiger partial charge is 0.316 e. The zero-order chi connectivity index (χ0) is 14.0. The van der Waals surface area contributed by atoms with Crippen molar-refractivity contribution in [3.8, 4) is 0 Å². The van der Waals surface area contributed by atoms with Crippen LogP contribution >= 0.6 is 12.4 Å². The Balaban J connectivity index is 0.00000161. The second-order valence-electron chi connectivity index (χ2n) is 7.02. The number of piperidine rings is 1. The molecule has 3 rings (SSSR count). The van der Waals surface area contributed by atoms with Crippen LogP contribution in [0.2, 0.25) is 0 Å². The maximum Gasteiger partial charge on any atom is 0.0372 e. The van der Waals surface area contributed by atoms with E-state index in [1.54, 1.807) is 0 Å². The van der Waals surface area contributed by atoms with Gasteiger partial charge in [-0.15, -0.1) is 12.4 Å². The van der Waals surface area contributed by atoms with Crippen LogP contribution in [0.15, 0.2) is 18.3 Å². The molecule has 1 atom stereocenters. The molecule has 1 aromatic heterocycles. The van der Waals surface area contributed by atoms with E-state index in [2.05, 4.69) is 47.4 Å². The summed E-state index contributed by atoms with van der Waals surface area (Å²) >= 11 is 0. The molecule has 1 aromatic rings. The van der Waals surface area contributed by atoms with E-state index in [9.17, 15) is 0 Å². The Morgan fingerprint density at radius 1 is 1.33 bits per heavy atom. The number of nitrogens with one attached hydrogen (secondary N) is 1. The molecule has 21 heavy (non-hydrogen) atoms. The number of nitrogens with zero attached hydrogens (tertiary/aromatic N) is 2. The highest BCUT2D eigenvalue weighted by Crippen LogP contribution is 2.31. The van der Waals surface area contributed by atoms with Gasteiger partial charge in [-0.1, -0.05) is 13.0 Å². The number of aryl methyl sites for hydroxylation is 1. The second kappa shape index (κ2) is 7.08. The number of hydrogen-bond acceptors (Lipinski definition) is 3. The lowest BCUT2D eigenvalue weighted by atomic mass is 9.86. The first-order valence-electron chi connectivity index (χ1n) is 8.00. The lowest BCUT2D eigenvalue weighted by Crippen LogP contribution is -2.41. The zero-order valence-corrected chi connectivity index (χ0v) is 14.1. The number of rotatable bonds is 3. The molecule has 0 aromatic carbocycles. The van der Waals surface area contributed by atoms with Crippen LogP contribution in [0.5, 0.6) is 0 Å². The molecular formula is C17H28ClN3. The fourth-order valence-corrected chi connectivity index (χ4v) is 3.69. The maximum absolute atomic E-state index is 4.45. The number of hydrogen-bond donors (Lipinski definition) is 1. The van der Waals surface area contributed by atoms with Crippen molar-refractivity contribution in [1.82, 2.24) is 15.2 Å². The van der Waals surface area contributed by atoms with Crippen LogP contribution in [0.3, 0.4) is 0 Å². The van der Waals surface area contributed by atoms with Crippen molar-refractivity contribution in [3.05, 3.63) is 29.6 Å². The fraction of sp³-hybridized carbons (Fsp3) is 0.706. The van der Waals surface area contributed by atoms with Gasteiger partial charge in [0.2, 0.25) is 0 Å². The molecule has 0 aliphatic carbocycles. The molecule has 2 aliphatic rings. The molecule has 1 N–H and O–H groups in total. The van der Waals surface area contributed by atoms with Crippen LogP contribution in [0.4, 0.5) is 0 Å². The van der Waals surface area contributed by atoms with Gasteiger partial charge in [0.25, 0.3) is 0 Å². The molecule has 3 heterocycles. The molecule has 0 bridgehead atoms. The molecule has 0 amide bonds. The highest BCUT2D eigenvalue weighted by atomic mass is 35.5. The number of halogens is 1. The van der Waals surface area contributed by atoms with Gasteiger partial charge in [0, 0.05) is 25.0 Å². The molecule has 2 saturated heterocycles. The SMILES string of the molecule is Cc1ccc(C2CCN(CC3(C)CCNC3)CC2)cn1.Cl. The van der Waals surface area contributed by atoms with Gasteiger partial charge in [0.15, 0.2) is 0 Å². The van der Waals surface area contributed by atoms with Crippen molar-refractivity contribution in [2.75, 3.05) is 32.7 Å². The van der Waals surface area contributed by atoms with Gasteiger partial charge in [-0.05, 0) is 68.8 Å². The summed E-state index contributed by atoms with van der Waals surface area (Å²) in [6, 6.07) is 4.41. The molecule has 4 heteroatoms. The van der Waals surface area contributed by atoms with Crippen molar-refractivity contribution in [1.29, 1.82) is 0 Å².